The van der Waals surface area contributed by atoms with Crippen LogP contribution in [-0.4, -0.2) is 33.9 Å². The van der Waals surface area contributed by atoms with E-state index >= 15 is 0 Å². The molecule has 90 valence electrons. The lowest BCUT2D eigenvalue weighted by molar-refractivity contribution is -0.146. The zero-order valence-electron chi connectivity index (χ0n) is 10.0. The van der Waals surface area contributed by atoms with Gasteiger partial charge < -0.3 is 10.4 Å². The van der Waals surface area contributed by atoms with Crippen LogP contribution < -0.4 is 5.32 Å². The fourth-order valence-corrected chi connectivity index (χ4v) is 1.31. The van der Waals surface area contributed by atoms with Crippen molar-refractivity contribution in [1.82, 2.24) is 15.1 Å². The standard InChI is InChI=1S/C11H19N3O2/c1-11(2,10(15)16)8-12-5-4-9-6-13-14(3)7-9/h6-7,12H,4-5,8H2,1-3H3,(H,15,16). The zero-order chi connectivity index (χ0) is 12.2. The number of nitrogens with zero attached hydrogens (tertiary/aromatic N) is 2. The number of nitrogens with one attached hydrogen (secondary N) is 1. The first-order valence-corrected chi connectivity index (χ1v) is 5.33. The minimum atomic E-state index is -0.777. The van der Waals surface area contributed by atoms with Gasteiger partial charge in [-0.2, -0.15) is 5.10 Å². The highest BCUT2D eigenvalue weighted by atomic mass is 16.4. The Labute approximate surface area is 95.5 Å². The molecule has 2 N–H and O–H groups in total. The summed E-state index contributed by atoms with van der Waals surface area (Å²) in [4.78, 5) is 10.8. The van der Waals surface area contributed by atoms with Gasteiger partial charge in [-0.15, -0.1) is 0 Å². The highest BCUT2D eigenvalue weighted by molar-refractivity contribution is 5.73. The Morgan fingerprint density at radius 1 is 1.62 bits per heavy atom. The van der Waals surface area contributed by atoms with Gasteiger partial charge in [-0.25, -0.2) is 0 Å². The molecule has 0 aliphatic rings. The van der Waals surface area contributed by atoms with E-state index < -0.39 is 11.4 Å². The summed E-state index contributed by atoms with van der Waals surface area (Å²) in [5, 5.41) is 16.1. The first-order chi connectivity index (χ1) is 7.42. The van der Waals surface area contributed by atoms with E-state index in [2.05, 4.69) is 10.4 Å². The van der Waals surface area contributed by atoms with Gasteiger partial charge in [0, 0.05) is 19.8 Å². The molecule has 16 heavy (non-hydrogen) atoms. The maximum atomic E-state index is 10.8. The lowest BCUT2D eigenvalue weighted by Crippen LogP contribution is -2.36. The Morgan fingerprint density at radius 3 is 2.81 bits per heavy atom. The van der Waals surface area contributed by atoms with E-state index in [1.807, 2.05) is 19.4 Å². The molecule has 0 saturated carbocycles. The molecule has 0 amide bonds. The molecular weight excluding hydrogens is 206 g/mol. The number of hydrogen-bond donors (Lipinski definition) is 2. The van der Waals surface area contributed by atoms with Gasteiger partial charge in [0.1, 0.15) is 0 Å². The van der Waals surface area contributed by atoms with Crippen molar-refractivity contribution in [3.05, 3.63) is 18.0 Å². The second-order valence-electron chi connectivity index (χ2n) is 4.64. The van der Waals surface area contributed by atoms with Crippen LogP contribution in [0.5, 0.6) is 0 Å². The minimum Gasteiger partial charge on any atom is -0.481 e. The van der Waals surface area contributed by atoms with Gasteiger partial charge in [0.15, 0.2) is 0 Å². The number of carbonyl (C=O) groups is 1. The Morgan fingerprint density at radius 2 is 2.31 bits per heavy atom. The molecule has 0 fully saturated rings. The topological polar surface area (TPSA) is 67.2 Å². The van der Waals surface area contributed by atoms with Crippen LogP contribution in [0.25, 0.3) is 0 Å². The van der Waals surface area contributed by atoms with Gasteiger partial charge in [0.2, 0.25) is 0 Å². The summed E-state index contributed by atoms with van der Waals surface area (Å²) < 4.78 is 1.76. The van der Waals surface area contributed by atoms with Crippen LogP contribution in [0.2, 0.25) is 0 Å². The van der Waals surface area contributed by atoms with E-state index in [4.69, 9.17) is 5.11 Å². The summed E-state index contributed by atoms with van der Waals surface area (Å²) in [6.07, 6.45) is 4.65. The maximum Gasteiger partial charge on any atom is 0.310 e. The van der Waals surface area contributed by atoms with Crippen LogP contribution >= 0.6 is 0 Å². The predicted octanol–water partition coefficient (Wildman–Crippen LogP) is 0.663. The van der Waals surface area contributed by atoms with Crippen LogP contribution in [-0.2, 0) is 18.3 Å². The summed E-state index contributed by atoms with van der Waals surface area (Å²) in [5.41, 5.74) is 0.442. The Kier molecular flexibility index (Phi) is 4.06. The summed E-state index contributed by atoms with van der Waals surface area (Å²) in [6.45, 7) is 4.67. The molecule has 0 unspecified atom stereocenters. The first-order valence-electron chi connectivity index (χ1n) is 5.33. The SMILES string of the molecule is Cn1cc(CCNCC(C)(C)C(=O)O)cn1. The molecule has 0 aliphatic carbocycles. The number of aryl methyl sites for hydroxylation is 1. The van der Waals surface area contributed by atoms with Crippen LogP contribution in [0.3, 0.4) is 0 Å². The summed E-state index contributed by atoms with van der Waals surface area (Å²) in [7, 11) is 1.88. The van der Waals surface area contributed by atoms with Crippen molar-refractivity contribution in [2.24, 2.45) is 12.5 Å². The Bertz CT molecular complexity index is 358. The van der Waals surface area contributed by atoms with E-state index in [-0.39, 0.29) is 0 Å². The minimum absolute atomic E-state index is 0.475. The van der Waals surface area contributed by atoms with Gasteiger partial charge >= 0.3 is 5.97 Å². The number of aliphatic carboxylic acids is 1. The molecule has 5 nitrogen and oxygen atoms in total. The van der Waals surface area contributed by atoms with Crippen LogP contribution in [0.15, 0.2) is 12.4 Å². The average Bonchev–Trinajstić information content (AvgIpc) is 2.59. The molecule has 1 heterocycles. The highest BCUT2D eigenvalue weighted by Gasteiger charge is 2.26. The maximum absolute atomic E-state index is 10.8. The second kappa shape index (κ2) is 5.12. The zero-order valence-corrected chi connectivity index (χ0v) is 10.0. The molecule has 0 atom stereocenters. The molecular formula is C11H19N3O2. The molecule has 0 spiro atoms. The normalized spacial score (nSPS) is 11.7. The molecule has 0 radical (unpaired) electrons. The lowest BCUT2D eigenvalue weighted by atomic mass is 9.94. The van der Waals surface area contributed by atoms with Crippen molar-refractivity contribution >= 4 is 5.97 Å². The van der Waals surface area contributed by atoms with Gasteiger partial charge in [-0.1, -0.05) is 0 Å². The molecule has 1 aromatic heterocycles. The Hall–Kier alpha value is -1.36. The molecule has 1 aromatic rings. The number of rotatable bonds is 6. The van der Waals surface area contributed by atoms with Crippen molar-refractivity contribution in [1.29, 1.82) is 0 Å². The first kappa shape index (κ1) is 12.7. The van der Waals surface area contributed by atoms with Gasteiger partial charge in [-0.3, -0.25) is 9.48 Å². The smallest absolute Gasteiger partial charge is 0.310 e. The molecule has 0 bridgehead atoms. The van der Waals surface area contributed by atoms with E-state index in [0.29, 0.717) is 6.54 Å². The third kappa shape index (κ3) is 3.66. The van der Waals surface area contributed by atoms with Crippen LogP contribution in [0, 0.1) is 5.41 Å². The largest absolute Gasteiger partial charge is 0.481 e. The second-order valence-corrected chi connectivity index (χ2v) is 4.64. The number of hydrogen-bond acceptors (Lipinski definition) is 3. The quantitative estimate of drug-likeness (QED) is 0.698. The van der Waals surface area contributed by atoms with Gasteiger partial charge in [0.05, 0.1) is 11.6 Å². The molecule has 0 aliphatic heterocycles. The van der Waals surface area contributed by atoms with Crippen molar-refractivity contribution < 1.29 is 9.90 Å². The average molecular weight is 225 g/mol. The van der Waals surface area contributed by atoms with Crippen molar-refractivity contribution in [3.8, 4) is 0 Å². The van der Waals surface area contributed by atoms with Crippen LogP contribution in [0.4, 0.5) is 0 Å². The number of aromatic nitrogens is 2. The van der Waals surface area contributed by atoms with E-state index in [1.54, 1.807) is 18.5 Å². The van der Waals surface area contributed by atoms with Crippen molar-refractivity contribution in [3.63, 3.8) is 0 Å². The van der Waals surface area contributed by atoms with Crippen molar-refractivity contribution in [2.45, 2.75) is 20.3 Å². The molecule has 0 saturated heterocycles. The van der Waals surface area contributed by atoms with E-state index in [9.17, 15) is 4.79 Å². The van der Waals surface area contributed by atoms with E-state index in [0.717, 1.165) is 18.5 Å². The van der Waals surface area contributed by atoms with Gasteiger partial charge in [-0.05, 0) is 32.4 Å². The summed E-state index contributed by atoms with van der Waals surface area (Å²) in [5.74, 6) is -0.777. The van der Waals surface area contributed by atoms with Crippen LogP contribution in [0.1, 0.15) is 19.4 Å². The molecule has 5 heteroatoms. The summed E-state index contributed by atoms with van der Waals surface area (Å²) >= 11 is 0. The molecule has 1 rings (SSSR count). The highest BCUT2D eigenvalue weighted by Crippen LogP contribution is 2.12. The van der Waals surface area contributed by atoms with E-state index in [1.165, 1.54) is 0 Å². The number of carboxylic acids is 1. The third-order valence-electron chi connectivity index (χ3n) is 2.49. The summed E-state index contributed by atoms with van der Waals surface area (Å²) in [6, 6.07) is 0. The van der Waals surface area contributed by atoms with Gasteiger partial charge in [0.25, 0.3) is 0 Å². The monoisotopic (exact) mass is 225 g/mol. The fraction of sp³-hybridized carbons (Fsp3) is 0.636. The Balaban J connectivity index is 2.24. The lowest BCUT2D eigenvalue weighted by Gasteiger charge is -2.19. The predicted molar refractivity (Wildman–Crippen MR) is 61.2 cm³/mol. The molecule has 0 aromatic carbocycles. The fourth-order valence-electron chi connectivity index (χ4n) is 1.31. The third-order valence-corrected chi connectivity index (χ3v) is 2.49. The number of carboxylic acid groups (broad SMARTS) is 1. The van der Waals surface area contributed by atoms with Crippen molar-refractivity contribution in [2.75, 3.05) is 13.1 Å².